The van der Waals surface area contributed by atoms with Crippen LogP contribution in [0.4, 0.5) is 0 Å². The van der Waals surface area contributed by atoms with Gasteiger partial charge in [-0.2, -0.15) is 0 Å². The summed E-state index contributed by atoms with van der Waals surface area (Å²) in [4.78, 5) is 24.0. The number of hydrogen-bond donors (Lipinski definition) is 0. The zero-order valence-electron chi connectivity index (χ0n) is 16.7. The van der Waals surface area contributed by atoms with Crippen molar-refractivity contribution in [1.29, 1.82) is 0 Å². The van der Waals surface area contributed by atoms with Crippen LogP contribution in [0.2, 0.25) is 0 Å². The topological polar surface area (TPSA) is 43.4 Å². The van der Waals surface area contributed by atoms with Gasteiger partial charge in [-0.1, -0.05) is 26.3 Å². The zero-order valence-corrected chi connectivity index (χ0v) is 16.7. The van der Waals surface area contributed by atoms with E-state index in [2.05, 4.69) is 13.8 Å². The van der Waals surface area contributed by atoms with Gasteiger partial charge < -0.3 is 4.74 Å². The largest absolute Gasteiger partial charge is 0.462 e. The number of allylic oxidation sites excluding steroid dienone is 1. The van der Waals surface area contributed by atoms with Crippen LogP contribution in [-0.4, -0.2) is 17.9 Å². The molecule has 0 bridgehead atoms. The van der Waals surface area contributed by atoms with E-state index in [1.54, 1.807) is 0 Å². The number of rotatable bonds is 3. The van der Waals surface area contributed by atoms with Crippen LogP contribution in [0.3, 0.4) is 0 Å². The lowest BCUT2D eigenvalue weighted by Crippen LogP contribution is -2.51. The third kappa shape index (κ3) is 2.68. The van der Waals surface area contributed by atoms with Crippen molar-refractivity contribution in [2.75, 3.05) is 0 Å². The number of fused-ring (bicyclic) bond motifs is 5. The zero-order chi connectivity index (χ0) is 18.5. The van der Waals surface area contributed by atoms with Crippen LogP contribution in [0.5, 0.6) is 0 Å². The molecule has 3 fully saturated rings. The average Bonchev–Trinajstić information content (AvgIpc) is 2.92. The van der Waals surface area contributed by atoms with Crippen molar-refractivity contribution >= 4 is 11.8 Å². The van der Waals surface area contributed by atoms with E-state index in [1.165, 1.54) is 31.3 Å². The summed E-state index contributed by atoms with van der Waals surface area (Å²) in [5.41, 5.74) is 1.82. The number of carbonyl (C=O) groups excluding carboxylic acids is 2. The molecule has 4 aliphatic rings. The van der Waals surface area contributed by atoms with Crippen molar-refractivity contribution in [2.24, 2.45) is 28.6 Å². The molecule has 0 saturated heterocycles. The lowest BCUT2D eigenvalue weighted by molar-refractivity contribution is -0.159. The number of ketones is 1. The predicted molar refractivity (Wildman–Crippen MR) is 101 cm³/mol. The Morgan fingerprint density at radius 2 is 1.92 bits per heavy atom. The molecule has 0 aromatic carbocycles. The van der Waals surface area contributed by atoms with Gasteiger partial charge in [0.2, 0.25) is 0 Å². The maximum atomic E-state index is 12.1. The van der Waals surface area contributed by atoms with E-state index < -0.39 is 0 Å². The SMILES string of the molecule is CCCC(=O)OC1CC[C@H]2[C@@H]3CCC4=CC(=O)CC[C@]4(C)[C@@H]3CC[C@]12C. The van der Waals surface area contributed by atoms with Gasteiger partial charge in [0, 0.05) is 18.3 Å². The van der Waals surface area contributed by atoms with Gasteiger partial charge in [-0.25, -0.2) is 0 Å². The highest BCUT2D eigenvalue weighted by atomic mass is 16.5. The quantitative estimate of drug-likeness (QED) is 0.649. The summed E-state index contributed by atoms with van der Waals surface area (Å²) >= 11 is 0. The normalized spacial score (nSPS) is 44.6. The fraction of sp³-hybridized carbons (Fsp3) is 0.826. The molecule has 0 spiro atoms. The second kappa shape index (κ2) is 6.49. The summed E-state index contributed by atoms with van der Waals surface area (Å²) in [5, 5.41) is 0. The van der Waals surface area contributed by atoms with E-state index in [4.69, 9.17) is 4.74 Å². The maximum Gasteiger partial charge on any atom is 0.306 e. The Bertz CT molecular complexity index is 635. The third-order valence-electron chi connectivity index (χ3n) is 8.60. The smallest absolute Gasteiger partial charge is 0.306 e. The van der Waals surface area contributed by atoms with Gasteiger partial charge in [0.1, 0.15) is 6.10 Å². The van der Waals surface area contributed by atoms with E-state index in [0.717, 1.165) is 38.0 Å². The molecule has 1 unspecified atom stereocenters. The van der Waals surface area contributed by atoms with E-state index in [1.807, 2.05) is 13.0 Å². The molecule has 0 aliphatic heterocycles. The molecule has 0 heterocycles. The summed E-state index contributed by atoms with van der Waals surface area (Å²) in [6.07, 6.45) is 12.2. The molecule has 0 radical (unpaired) electrons. The molecule has 3 heteroatoms. The second-order valence-electron chi connectivity index (χ2n) is 9.82. The Kier molecular flexibility index (Phi) is 4.56. The first-order valence-electron chi connectivity index (χ1n) is 10.8. The first-order chi connectivity index (χ1) is 12.4. The minimum atomic E-state index is -0.00637. The van der Waals surface area contributed by atoms with Crippen molar-refractivity contribution in [3.05, 3.63) is 11.6 Å². The molecule has 6 atom stereocenters. The van der Waals surface area contributed by atoms with Crippen LogP contribution in [0.1, 0.15) is 85.0 Å². The summed E-state index contributed by atoms with van der Waals surface area (Å²) in [6, 6.07) is 0. The number of ether oxygens (including phenoxy) is 1. The summed E-state index contributed by atoms with van der Waals surface area (Å²) < 4.78 is 5.95. The van der Waals surface area contributed by atoms with Crippen molar-refractivity contribution in [3.8, 4) is 0 Å². The molecule has 0 amide bonds. The molecule has 0 aromatic rings. The van der Waals surface area contributed by atoms with Crippen LogP contribution < -0.4 is 0 Å². The van der Waals surface area contributed by atoms with Gasteiger partial charge in [0.15, 0.2) is 5.78 Å². The Hall–Kier alpha value is -1.12. The van der Waals surface area contributed by atoms with Gasteiger partial charge in [0.05, 0.1) is 0 Å². The summed E-state index contributed by atoms with van der Waals surface area (Å²) in [7, 11) is 0. The molecule has 3 saturated carbocycles. The van der Waals surface area contributed by atoms with Gasteiger partial charge in [-0.05, 0) is 80.6 Å². The third-order valence-corrected chi connectivity index (χ3v) is 8.60. The fourth-order valence-corrected chi connectivity index (χ4v) is 7.13. The molecule has 3 nitrogen and oxygen atoms in total. The lowest BCUT2D eigenvalue weighted by atomic mass is 9.47. The first-order valence-corrected chi connectivity index (χ1v) is 10.8. The Morgan fingerprint density at radius 1 is 1.12 bits per heavy atom. The maximum absolute atomic E-state index is 12.1. The highest BCUT2D eigenvalue weighted by Gasteiger charge is 2.59. The highest BCUT2D eigenvalue weighted by molar-refractivity contribution is 5.91. The molecule has 0 N–H and O–H groups in total. The fourth-order valence-electron chi connectivity index (χ4n) is 7.13. The highest BCUT2D eigenvalue weighted by Crippen LogP contribution is 2.65. The lowest BCUT2D eigenvalue weighted by Gasteiger charge is -2.57. The van der Waals surface area contributed by atoms with Crippen LogP contribution in [-0.2, 0) is 14.3 Å². The van der Waals surface area contributed by atoms with Gasteiger partial charge >= 0.3 is 5.97 Å². The Labute approximate surface area is 157 Å². The van der Waals surface area contributed by atoms with Crippen molar-refractivity contribution in [2.45, 2.75) is 91.1 Å². The van der Waals surface area contributed by atoms with Crippen molar-refractivity contribution < 1.29 is 14.3 Å². The van der Waals surface area contributed by atoms with Gasteiger partial charge in [-0.15, -0.1) is 0 Å². The van der Waals surface area contributed by atoms with Crippen LogP contribution >= 0.6 is 0 Å². The molecule has 4 aliphatic carbocycles. The Balaban J connectivity index is 1.55. The minimum absolute atomic E-state index is 0.00637. The predicted octanol–water partition coefficient (Wildman–Crippen LogP) is 5.23. The van der Waals surface area contributed by atoms with E-state index in [-0.39, 0.29) is 22.9 Å². The number of hydrogen-bond acceptors (Lipinski definition) is 3. The number of esters is 1. The van der Waals surface area contributed by atoms with E-state index in [0.29, 0.717) is 24.0 Å². The molecular weight excluding hydrogens is 324 g/mol. The molecule has 4 rings (SSSR count). The molecular formula is C23H34O3. The van der Waals surface area contributed by atoms with Gasteiger partial charge in [0.25, 0.3) is 0 Å². The average molecular weight is 359 g/mol. The van der Waals surface area contributed by atoms with Gasteiger partial charge in [-0.3, -0.25) is 9.59 Å². The Morgan fingerprint density at radius 3 is 2.69 bits per heavy atom. The summed E-state index contributed by atoms with van der Waals surface area (Å²) in [6.45, 7) is 6.86. The minimum Gasteiger partial charge on any atom is -0.462 e. The molecule has 26 heavy (non-hydrogen) atoms. The monoisotopic (exact) mass is 358 g/mol. The van der Waals surface area contributed by atoms with Crippen LogP contribution in [0, 0.1) is 28.6 Å². The molecule has 0 aromatic heterocycles. The first kappa shape index (κ1) is 18.3. The van der Waals surface area contributed by atoms with Crippen molar-refractivity contribution in [1.82, 2.24) is 0 Å². The van der Waals surface area contributed by atoms with E-state index >= 15 is 0 Å². The van der Waals surface area contributed by atoms with Crippen LogP contribution in [0.15, 0.2) is 11.6 Å². The van der Waals surface area contributed by atoms with Crippen molar-refractivity contribution in [3.63, 3.8) is 0 Å². The molecule has 144 valence electrons. The standard InChI is InChI=1S/C23H34O3/c1-4-5-21(25)26-20-9-8-18-17-7-6-15-14-16(24)10-12-22(15,2)19(17)11-13-23(18,20)3/h14,17-20H,4-13H2,1-3H3/t17-,18-,19+,20?,22-,23-/m0/s1. The second-order valence-corrected chi connectivity index (χ2v) is 9.82. The van der Waals surface area contributed by atoms with E-state index in [9.17, 15) is 9.59 Å². The summed E-state index contributed by atoms with van der Waals surface area (Å²) in [5.74, 6) is 2.45. The number of carbonyl (C=O) groups is 2. The van der Waals surface area contributed by atoms with Crippen LogP contribution in [0.25, 0.3) is 0 Å².